The molecule has 0 atom stereocenters. The van der Waals surface area contributed by atoms with E-state index in [4.69, 9.17) is 11.6 Å². The SMILES string of the molecule is C[Si]1(C)c2ccc(Cl)cc2-c2cc(C(F)(F)F)ccc21. The Labute approximate surface area is 121 Å². The second-order valence-corrected chi connectivity index (χ2v) is 10.3. The van der Waals surface area contributed by atoms with Crippen molar-refractivity contribution < 1.29 is 13.2 Å². The van der Waals surface area contributed by atoms with E-state index in [0.29, 0.717) is 10.6 Å². The molecule has 2 aromatic rings. The molecule has 0 unspecified atom stereocenters. The standard InChI is InChI=1S/C15H12ClF3Si/c1-20(2)13-5-3-9(15(17,18)19)7-11(13)12-8-10(16)4-6-14(12)20/h3-8H,1-2H3. The third-order valence-corrected chi connectivity index (χ3v) is 7.77. The Kier molecular flexibility index (Phi) is 2.82. The number of alkyl halides is 3. The number of hydrogen-bond donors (Lipinski definition) is 0. The van der Waals surface area contributed by atoms with E-state index in [1.165, 1.54) is 12.1 Å². The first-order chi connectivity index (χ1) is 9.21. The van der Waals surface area contributed by atoms with Crippen LogP contribution in [0.5, 0.6) is 0 Å². The lowest BCUT2D eigenvalue weighted by Crippen LogP contribution is -2.49. The number of benzene rings is 2. The monoisotopic (exact) mass is 312 g/mol. The zero-order chi connectivity index (χ0) is 14.7. The van der Waals surface area contributed by atoms with Gasteiger partial charge in [-0.15, -0.1) is 0 Å². The molecule has 0 bridgehead atoms. The maximum atomic E-state index is 12.9. The van der Waals surface area contributed by atoms with Gasteiger partial charge in [0.15, 0.2) is 0 Å². The minimum Gasteiger partial charge on any atom is -0.166 e. The summed E-state index contributed by atoms with van der Waals surface area (Å²) < 4.78 is 38.7. The topological polar surface area (TPSA) is 0 Å². The van der Waals surface area contributed by atoms with Crippen molar-refractivity contribution in [3.05, 3.63) is 47.0 Å². The fraction of sp³-hybridized carbons (Fsp3) is 0.200. The number of halogens is 4. The van der Waals surface area contributed by atoms with E-state index in [-0.39, 0.29) is 0 Å². The van der Waals surface area contributed by atoms with Crippen LogP contribution in [0.25, 0.3) is 11.1 Å². The summed E-state index contributed by atoms with van der Waals surface area (Å²) in [4.78, 5) is 0. The molecular weight excluding hydrogens is 301 g/mol. The molecule has 20 heavy (non-hydrogen) atoms. The van der Waals surface area contributed by atoms with Gasteiger partial charge in [0.1, 0.15) is 8.07 Å². The van der Waals surface area contributed by atoms with Crippen molar-refractivity contribution in [3.8, 4) is 11.1 Å². The summed E-state index contributed by atoms with van der Waals surface area (Å²) in [7, 11) is -1.91. The molecule has 0 spiro atoms. The van der Waals surface area contributed by atoms with Gasteiger partial charge in [-0.2, -0.15) is 13.2 Å². The van der Waals surface area contributed by atoms with Crippen molar-refractivity contribution in [1.29, 1.82) is 0 Å². The molecule has 1 aliphatic heterocycles. The lowest BCUT2D eigenvalue weighted by molar-refractivity contribution is -0.137. The normalized spacial score (nSPS) is 15.9. The molecule has 0 aliphatic carbocycles. The van der Waals surface area contributed by atoms with Crippen LogP contribution in [0, 0.1) is 0 Å². The zero-order valence-electron chi connectivity index (χ0n) is 11.0. The van der Waals surface area contributed by atoms with Crippen LogP contribution in [0.4, 0.5) is 13.2 Å². The van der Waals surface area contributed by atoms with Crippen LogP contribution < -0.4 is 10.4 Å². The molecule has 0 radical (unpaired) electrons. The molecule has 104 valence electrons. The van der Waals surface area contributed by atoms with E-state index in [0.717, 1.165) is 15.9 Å². The highest BCUT2D eigenvalue weighted by atomic mass is 35.5. The van der Waals surface area contributed by atoms with E-state index in [9.17, 15) is 13.2 Å². The van der Waals surface area contributed by atoms with Crippen molar-refractivity contribution in [3.63, 3.8) is 0 Å². The third-order valence-electron chi connectivity index (χ3n) is 3.97. The first-order valence-corrected chi connectivity index (χ1v) is 9.61. The van der Waals surface area contributed by atoms with E-state index < -0.39 is 19.8 Å². The summed E-state index contributed by atoms with van der Waals surface area (Å²) in [6.45, 7) is 4.30. The summed E-state index contributed by atoms with van der Waals surface area (Å²) in [6, 6.07) is 9.62. The summed E-state index contributed by atoms with van der Waals surface area (Å²) in [6.07, 6.45) is -4.32. The third kappa shape index (κ3) is 1.90. The Hall–Kier alpha value is -1.26. The Morgan fingerprint density at radius 2 is 1.45 bits per heavy atom. The summed E-state index contributed by atoms with van der Waals surface area (Å²) in [5.74, 6) is 0. The highest BCUT2D eigenvalue weighted by molar-refractivity contribution is 7.03. The molecule has 0 N–H and O–H groups in total. The van der Waals surface area contributed by atoms with Crippen LogP contribution in [0.3, 0.4) is 0 Å². The van der Waals surface area contributed by atoms with Crippen LogP contribution in [-0.4, -0.2) is 8.07 Å². The average Bonchev–Trinajstić information content (AvgIpc) is 2.57. The van der Waals surface area contributed by atoms with Gasteiger partial charge in [-0.1, -0.05) is 42.9 Å². The van der Waals surface area contributed by atoms with Crippen LogP contribution in [-0.2, 0) is 6.18 Å². The molecule has 0 fully saturated rings. The van der Waals surface area contributed by atoms with E-state index in [1.54, 1.807) is 12.1 Å². The van der Waals surface area contributed by atoms with Crippen LogP contribution in [0.15, 0.2) is 36.4 Å². The first-order valence-electron chi connectivity index (χ1n) is 6.23. The predicted octanol–water partition coefficient (Wildman–Crippen LogP) is 4.16. The average molecular weight is 313 g/mol. The molecule has 0 saturated carbocycles. The molecule has 5 heteroatoms. The Morgan fingerprint density at radius 3 is 2.05 bits per heavy atom. The van der Waals surface area contributed by atoms with Gasteiger partial charge in [0.2, 0.25) is 0 Å². The van der Waals surface area contributed by atoms with Gasteiger partial charge in [0.05, 0.1) is 5.56 Å². The number of hydrogen-bond acceptors (Lipinski definition) is 0. The van der Waals surface area contributed by atoms with Gasteiger partial charge in [-0.3, -0.25) is 0 Å². The van der Waals surface area contributed by atoms with Crippen molar-refractivity contribution in [1.82, 2.24) is 0 Å². The maximum Gasteiger partial charge on any atom is 0.416 e. The zero-order valence-corrected chi connectivity index (χ0v) is 12.7. The van der Waals surface area contributed by atoms with E-state index in [2.05, 4.69) is 13.1 Å². The summed E-state index contributed by atoms with van der Waals surface area (Å²) in [5, 5.41) is 2.75. The number of rotatable bonds is 0. The van der Waals surface area contributed by atoms with Gasteiger partial charge < -0.3 is 0 Å². The highest BCUT2D eigenvalue weighted by Crippen LogP contribution is 2.35. The van der Waals surface area contributed by atoms with Crippen molar-refractivity contribution in [2.75, 3.05) is 0 Å². The molecule has 0 amide bonds. The van der Waals surface area contributed by atoms with Gasteiger partial charge in [0, 0.05) is 5.02 Å². The maximum absolute atomic E-state index is 12.9. The lowest BCUT2D eigenvalue weighted by atomic mass is 10.0. The van der Waals surface area contributed by atoms with Gasteiger partial charge in [-0.25, -0.2) is 0 Å². The van der Waals surface area contributed by atoms with Crippen molar-refractivity contribution in [2.24, 2.45) is 0 Å². The molecule has 1 heterocycles. The van der Waals surface area contributed by atoms with Crippen LogP contribution in [0.1, 0.15) is 5.56 Å². The second kappa shape index (κ2) is 4.12. The van der Waals surface area contributed by atoms with Crippen molar-refractivity contribution in [2.45, 2.75) is 19.3 Å². The largest absolute Gasteiger partial charge is 0.416 e. The molecule has 3 rings (SSSR count). The second-order valence-electron chi connectivity index (χ2n) is 5.57. The van der Waals surface area contributed by atoms with Crippen molar-refractivity contribution >= 4 is 30.0 Å². The van der Waals surface area contributed by atoms with Crippen LogP contribution in [0.2, 0.25) is 18.1 Å². The Morgan fingerprint density at radius 1 is 0.900 bits per heavy atom. The van der Waals surface area contributed by atoms with Gasteiger partial charge >= 0.3 is 6.18 Å². The van der Waals surface area contributed by atoms with Crippen LogP contribution >= 0.6 is 11.6 Å². The Balaban J connectivity index is 2.30. The molecule has 0 saturated heterocycles. The molecule has 2 aromatic carbocycles. The fourth-order valence-corrected chi connectivity index (χ4v) is 6.14. The predicted molar refractivity (Wildman–Crippen MR) is 78.6 cm³/mol. The minimum atomic E-state index is -4.32. The number of fused-ring (bicyclic) bond motifs is 3. The van der Waals surface area contributed by atoms with Gasteiger partial charge in [-0.05, 0) is 39.7 Å². The van der Waals surface area contributed by atoms with E-state index in [1.807, 2.05) is 12.1 Å². The van der Waals surface area contributed by atoms with Gasteiger partial charge in [0.25, 0.3) is 0 Å². The molecule has 0 aromatic heterocycles. The lowest BCUT2D eigenvalue weighted by Gasteiger charge is -2.19. The summed E-state index contributed by atoms with van der Waals surface area (Å²) in [5.41, 5.74) is 0.943. The smallest absolute Gasteiger partial charge is 0.166 e. The highest BCUT2D eigenvalue weighted by Gasteiger charge is 2.39. The molecule has 1 aliphatic rings. The molecular formula is C15H12ClF3Si. The first kappa shape index (κ1) is 13.7. The molecule has 0 nitrogen and oxygen atoms in total. The minimum absolute atomic E-state index is 0.554. The Bertz CT molecular complexity index is 705. The quantitative estimate of drug-likeness (QED) is 0.641. The fourth-order valence-electron chi connectivity index (χ4n) is 2.92. The van der Waals surface area contributed by atoms with E-state index >= 15 is 0 Å². The summed E-state index contributed by atoms with van der Waals surface area (Å²) >= 11 is 6.01.